The molecule has 0 unspecified atom stereocenters. The molecule has 0 aliphatic heterocycles. The summed E-state index contributed by atoms with van der Waals surface area (Å²) in [5, 5.41) is 2.67. The van der Waals surface area contributed by atoms with Gasteiger partial charge in [-0.1, -0.05) is 12.1 Å². The molecule has 1 aromatic carbocycles. The van der Waals surface area contributed by atoms with Crippen molar-refractivity contribution in [2.24, 2.45) is 5.18 Å². The predicted octanol–water partition coefficient (Wildman–Crippen LogP) is 2.06. The van der Waals surface area contributed by atoms with Crippen LogP contribution in [0.5, 0.6) is 0 Å². The smallest absolute Gasteiger partial charge is 0.245 e. The van der Waals surface area contributed by atoms with Crippen molar-refractivity contribution in [2.75, 3.05) is 20.3 Å². The number of alkyl halides is 1. The zero-order valence-electron chi connectivity index (χ0n) is 9.34. The second kappa shape index (κ2) is 5.83. The van der Waals surface area contributed by atoms with Crippen LogP contribution in [-0.2, 0) is 10.0 Å². The Morgan fingerprint density at radius 3 is 2.59 bits per heavy atom. The van der Waals surface area contributed by atoms with Crippen LogP contribution in [0, 0.1) is 4.91 Å². The molecule has 17 heavy (non-hydrogen) atoms. The Bertz CT molecular complexity index is 490. The van der Waals surface area contributed by atoms with Crippen LogP contribution in [0.25, 0.3) is 0 Å². The highest BCUT2D eigenvalue weighted by Crippen LogP contribution is 2.25. The SMILES string of the molecule is CN(CCCF)S(=O)(=O)c1ccccc1N=O. The lowest BCUT2D eigenvalue weighted by atomic mass is 10.3. The van der Waals surface area contributed by atoms with Crippen LogP contribution in [-0.4, -0.2) is 33.0 Å². The Labute approximate surface area is 99.3 Å². The zero-order valence-corrected chi connectivity index (χ0v) is 10.2. The number of nitrogens with zero attached hydrogens (tertiary/aromatic N) is 2. The first kappa shape index (κ1) is 13.7. The molecule has 1 aromatic rings. The highest BCUT2D eigenvalue weighted by atomic mass is 32.2. The molecular formula is C10H13FN2O3S. The summed E-state index contributed by atoms with van der Waals surface area (Å²) in [7, 11) is -2.44. The summed E-state index contributed by atoms with van der Waals surface area (Å²) in [6.45, 7) is -0.528. The fourth-order valence-electron chi connectivity index (χ4n) is 1.32. The number of nitroso groups, excluding NO2 is 1. The summed E-state index contributed by atoms with van der Waals surface area (Å²) in [6, 6.07) is 5.66. The Hall–Kier alpha value is -1.34. The number of hydrogen-bond acceptors (Lipinski definition) is 4. The van der Waals surface area contributed by atoms with Gasteiger partial charge in [-0.3, -0.25) is 4.39 Å². The molecule has 0 N–H and O–H groups in total. The molecule has 0 saturated carbocycles. The molecule has 7 heteroatoms. The molecule has 0 saturated heterocycles. The standard InChI is InChI=1S/C10H13FN2O3S/c1-13(8-4-7-11)17(15,16)10-6-3-2-5-9(10)12-14/h2-3,5-6H,4,7-8H2,1H3. The number of halogens is 1. The van der Waals surface area contributed by atoms with E-state index in [0.29, 0.717) is 0 Å². The van der Waals surface area contributed by atoms with Gasteiger partial charge in [0.15, 0.2) is 0 Å². The third-order valence-electron chi connectivity index (χ3n) is 2.26. The number of sulfonamides is 1. The second-order valence-corrected chi connectivity index (χ2v) is 5.44. The van der Waals surface area contributed by atoms with Crippen molar-refractivity contribution in [1.29, 1.82) is 0 Å². The molecule has 0 aliphatic carbocycles. The van der Waals surface area contributed by atoms with Gasteiger partial charge in [0.1, 0.15) is 10.6 Å². The molecule has 0 spiro atoms. The Balaban J connectivity index is 3.08. The minimum absolute atomic E-state index is 0.0615. The maximum Gasteiger partial charge on any atom is 0.245 e. The van der Waals surface area contributed by atoms with E-state index >= 15 is 0 Å². The van der Waals surface area contributed by atoms with Crippen LogP contribution < -0.4 is 0 Å². The summed E-state index contributed by atoms with van der Waals surface area (Å²) >= 11 is 0. The van der Waals surface area contributed by atoms with E-state index in [4.69, 9.17) is 0 Å². The van der Waals surface area contributed by atoms with E-state index in [9.17, 15) is 17.7 Å². The molecule has 0 fully saturated rings. The largest absolute Gasteiger partial charge is 0.251 e. The molecule has 0 aliphatic rings. The summed E-state index contributed by atoms with van der Waals surface area (Å²) < 4.78 is 37.1. The third-order valence-corrected chi connectivity index (χ3v) is 4.16. The van der Waals surface area contributed by atoms with Crippen LogP contribution in [0.15, 0.2) is 34.3 Å². The van der Waals surface area contributed by atoms with Gasteiger partial charge >= 0.3 is 0 Å². The minimum Gasteiger partial charge on any atom is -0.251 e. The maximum atomic E-state index is 12.0. The highest BCUT2D eigenvalue weighted by molar-refractivity contribution is 7.89. The fourth-order valence-corrected chi connectivity index (χ4v) is 2.65. The van der Waals surface area contributed by atoms with Gasteiger partial charge in [0, 0.05) is 13.6 Å². The molecule has 0 radical (unpaired) electrons. The predicted molar refractivity (Wildman–Crippen MR) is 62.3 cm³/mol. The Morgan fingerprint density at radius 1 is 1.35 bits per heavy atom. The van der Waals surface area contributed by atoms with Gasteiger partial charge in [-0.15, -0.1) is 4.91 Å². The first-order valence-electron chi connectivity index (χ1n) is 4.98. The average Bonchev–Trinajstić information content (AvgIpc) is 2.35. The molecule has 5 nitrogen and oxygen atoms in total. The van der Waals surface area contributed by atoms with Crippen LogP contribution in [0.3, 0.4) is 0 Å². The molecular weight excluding hydrogens is 247 g/mol. The van der Waals surface area contributed by atoms with Gasteiger partial charge in [-0.2, -0.15) is 0 Å². The van der Waals surface area contributed by atoms with Crippen molar-refractivity contribution in [3.05, 3.63) is 29.2 Å². The van der Waals surface area contributed by atoms with E-state index in [0.717, 1.165) is 4.31 Å². The van der Waals surface area contributed by atoms with Crippen molar-refractivity contribution in [1.82, 2.24) is 4.31 Å². The summed E-state index contributed by atoms with van der Waals surface area (Å²) in [6.07, 6.45) is 0.117. The lowest BCUT2D eigenvalue weighted by Crippen LogP contribution is -2.28. The van der Waals surface area contributed by atoms with Gasteiger partial charge in [0.25, 0.3) is 0 Å². The second-order valence-electron chi connectivity index (χ2n) is 3.43. The number of hydrogen-bond donors (Lipinski definition) is 0. The molecule has 94 valence electrons. The normalized spacial score (nSPS) is 11.7. The number of rotatable bonds is 6. The van der Waals surface area contributed by atoms with Crippen molar-refractivity contribution in [3.8, 4) is 0 Å². The molecule has 0 bridgehead atoms. The molecule has 0 heterocycles. The van der Waals surface area contributed by atoms with Gasteiger partial charge < -0.3 is 0 Å². The summed E-state index contributed by atoms with van der Waals surface area (Å²) in [4.78, 5) is 10.4. The van der Waals surface area contributed by atoms with Gasteiger partial charge in [0.2, 0.25) is 10.0 Å². The van der Waals surface area contributed by atoms with Gasteiger partial charge in [-0.25, -0.2) is 12.7 Å². The molecule has 0 atom stereocenters. The van der Waals surface area contributed by atoms with E-state index < -0.39 is 16.7 Å². The van der Waals surface area contributed by atoms with Crippen molar-refractivity contribution < 1.29 is 12.8 Å². The molecule has 0 amide bonds. The van der Waals surface area contributed by atoms with Crippen molar-refractivity contribution >= 4 is 15.7 Å². The highest BCUT2D eigenvalue weighted by Gasteiger charge is 2.23. The quantitative estimate of drug-likeness (QED) is 0.735. The van der Waals surface area contributed by atoms with Gasteiger partial charge in [-0.05, 0) is 23.7 Å². The van der Waals surface area contributed by atoms with E-state index in [-0.39, 0.29) is 23.5 Å². The summed E-state index contributed by atoms with van der Waals surface area (Å²) in [5.41, 5.74) is -0.139. The summed E-state index contributed by atoms with van der Waals surface area (Å²) in [5.74, 6) is 0. The molecule has 0 aromatic heterocycles. The first-order valence-corrected chi connectivity index (χ1v) is 6.42. The van der Waals surface area contributed by atoms with Crippen LogP contribution in [0.2, 0.25) is 0 Å². The Kier molecular flexibility index (Phi) is 4.71. The monoisotopic (exact) mass is 260 g/mol. The zero-order chi connectivity index (χ0) is 12.9. The fraction of sp³-hybridized carbons (Fsp3) is 0.400. The molecule has 1 rings (SSSR count). The maximum absolute atomic E-state index is 12.0. The van der Waals surface area contributed by atoms with Crippen LogP contribution in [0.4, 0.5) is 10.1 Å². The van der Waals surface area contributed by atoms with Crippen LogP contribution in [0.1, 0.15) is 6.42 Å². The van der Waals surface area contributed by atoms with Crippen molar-refractivity contribution in [3.63, 3.8) is 0 Å². The number of benzene rings is 1. The topological polar surface area (TPSA) is 66.8 Å². The van der Waals surface area contributed by atoms with Crippen molar-refractivity contribution in [2.45, 2.75) is 11.3 Å². The lowest BCUT2D eigenvalue weighted by molar-refractivity contribution is 0.408. The average molecular weight is 260 g/mol. The lowest BCUT2D eigenvalue weighted by Gasteiger charge is -2.16. The van der Waals surface area contributed by atoms with E-state index in [1.165, 1.54) is 31.3 Å². The third kappa shape index (κ3) is 3.07. The van der Waals surface area contributed by atoms with Crippen LogP contribution >= 0.6 is 0 Å². The Morgan fingerprint density at radius 2 is 2.00 bits per heavy atom. The van der Waals surface area contributed by atoms with E-state index in [1.807, 2.05) is 0 Å². The first-order chi connectivity index (χ1) is 8.04. The van der Waals surface area contributed by atoms with E-state index in [2.05, 4.69) is 5.18 Å². The van der Waals surface area contributed by atoms with Gasteiger partial charge in [0.05, 0.1) is 6.67 Å². The minimum atomic E-state index is -3.78. The van der Waals surface area contributed by atoms with E-state index in [1.54, 1.807) is 0 Å².